The molecule has 0 saturated heterocycles. The summed E-state index contributed by atoms with van der Waals surface area (Å²) in [6.07, 6.45) is 3.70. The number of nitriles is 1. The first-order valence-corrected chi connectivity index (χ1v) is 7.14. The van der Waals surface area contributed by atoms with E-state index in [1.165, 1.54) is 6.07 Å². The molecule has 4 heteroatoms. The fourth-order valence-electron chi connectivity index (χ4n) is 2.67. The second-order valence-corrected chi connectivity index (χ2v) is 5.93. The molecule has 20 heavy (non-hydrogen) atoms. The minimum Gasteiger partial charge on any atom is -0.389 e. The highest BCUT2D eigenvalue weighted by Gasteiger charge is 2.31. The largest absolute Gasteiger partial charge is 0.389 e. The van der Waals surface area contributed by atoms with Gasteiger partial charge in [0.1, 0.15) is 5.82 Å². The fraction of sp³-hybridized carbons (Fsp3) is 0.562. The van der Waals surface area contributed by atoms with Crippen LogP contribution in [0.15, 0.2) is 18.2 Å². The van der Waals surface area contributed by atoms with E-state index in [4.69, 9.17) is 5.26 Å². The van der Waals surface area contributed by atoms with Crippen LogP contribution in [0.5, 0.6) is 0 Å². The van der Waals surface area contributed by atoms with Gasteiger partial charge in [0, 0.05) is 18.7 Å². The second kappa shape index (κ2) is 6.34. The Kier molecular flexibility index (Phi) is 4.74. The minimum absolute atomic E-state index is 0.325. The Labute approximate surface area is 119 Å². The van der Waals surface area contributed by atoms with Crippen molar-refractivity contribution in [3.05, 3.63) is 35.1 Å². The van der Waals surface area contributed by atoms with Crippen LogP contribution in [-0.4, -0.2) is 17.3 Å². The SMILES string of the molecule is CC1CCC(O)(CNCc2ccc(C#N)cc2F)CC1. The Hall–Kier alpha value is -1.44. The highest BCUT2D eigenvalue weighted by atomic mass is 19.1. The summed E-state index contributed by atoms with van der Waals surface area (Å²) >= 11 is 0. The lowest BCUT2D eigenvalue weighted by Gasteiger charge is -2.35. The molecule has 3 nitrogen and oxygen atoms in total. The maximum atomic E-state index is 13.7. The summed E-state index contributed by atoms with van der Waals surface area (Å²) in [6, 6.07) is 6.38. The molecule has 2 rings (SSSR count). The molecule has 2 N–H and O–H groups in total. The first-order valence-electron chi connectivity index (χ1n) is 7.14. The van der Waals surface area contributed by atoms with Gasteiger partial charge in [0.2, 0.25) is 0 Å². The summed E-state index contributed by atoms with van der Waals surface area (Å²) in [4.78, 5) is 0. The number of halogens is 1. The number of nitrogens with zero attached hydrogens (tertiary/aromatic N) is 1. The van der Waals surface area contributed by atoms with E-state index in [0.717, 1.165) is 25.7 Å². The molecule has 1 aromatic carbocycles. The normalized spacial score (nSPS) is 26.2. The van der Waals surface area contributed by atoms with Crippen LogP contribution in [0.3, 0.4) is 0 Å². The number of hydrogen-bond acceptors (Lipinski definition) is 3. The van der Waals surface area contributed by atoms with Crippen LogP contribution in [-0.2, 0) is 6.54 Å². The van der Waals surface area contributed by atoms with E-state index in [9.17, 15) is 9.50 Å². The number of rotatable bonds is 4. The zero-order valence-electron chi connectivity index (χ0n) is 11.8. The highest BCUT2D eigenvalue weighted by molar-refractivity contribution is 5.32. The van der Waals surface area contributed by atoms with Gasteiger partial charge in [-0.15, -0.1) is 0 Å². The molecule has 1 fully saturated rings. The molecule has 0 bridgehead atoms. The maximum absolute atomic E-state index is 13.7. The molecule has 0 unspecified atom stereocenters. The Morgan fingerprint density at radius 1 is 1.45 bits per heavy atom. The number of nitrogens with one attached hydrogen (secondary N) is 1. The molecule has 0 aliphatic heterocycles. The third-order valence-corrected chi connectivity index (χ3v) is 4.16. The van der Waals surface area contributed by atoms with Crippen molar-refractivity contribution in [2.24, 2.45) is 5.92 Å². The monoisotopic (exact) mass is 276 g/mol. The molecule has 1 aliphatic carbocycles. The standard InChI is InChI=1S/C16H21FN2O/c1-12-4-6-16(20,7-5-12)11-19-10-14-3-2-13(9-18)8-15(14)17/h2-3,8,12,19-20H,4-7,10-11H2,1H3. The predicted octanol–water partition coefficient (Wildman–Crippen LogP) is 2.73. The Bertz CT molecular complexity index is 502. The lowest BCUT2D eigenvalue weighted by molar-refractivity contribution is -0.00635. The van der Waals surface area contributed by atoms with Gasteiger partial charge in [-0.1, -0.05) is 13.0 Å². The molecule has 0 spiro atoms. The number of hydrogen-bond donors (Lipinski definition) is 2. The van der Waals surface area contributed by atoms with Crippen molar-refractivity contribution in [2.45, 2.75) is 44.8 Å². The average molecular weight is 276 g/mol. The predicted molar refractivity (Wildman–Crippen MR) is 75.4 cm³/mol. The lowest BCUT2D eigenvalue weighted by atomic mass is 9.79. The van der Waals surface area contributed by atoms with E-state index in [1.54, 1.807) is 12.1 Å². The van der Waals surface area contributed by atoms with E-state index in [1.807, 2.05) is 6.07 Å². The third-order valence-electron chi connectivity index (χ3n) is 4.16. The summed E-state index contributed by atoms with van der Waals surface area (Å²) in [5, 5.41) is 22.2. The zero-order valence-corrected chi connectivity index (χ0v) is 11.8. The summed E-state index contributed by atoms with van der Waals surface area (Å²) in [6.45, 7) is 3.06. The van der Waals surface area contributed by atoms with Crippen molar-refractivity contribution in [3.63, 3.8) is 0 Å². The van der Waals surface area contributed by atoms with Crippen molar-refractivity contribution in [1.82, 2.24) is 5.32 Å². The minimum atomic E-state index is -0.657. The summed E-state index contributed by atoms with van der Waals surface area (Å²) in [5.41, 5.74) is 0.193. The summed E-state index contributed by atoms with van der Waals surface area (Å²) < 4.78 is 13.7. The Morgan fingerprint density at radius 3 is 2.75 bits per heavy atom. The smallest absolute Gasteiger partial charge is 0.129 e. The van der Waals surface area contributed by atoms with E-state index >= 15 is 0 Å². The van der Waals surface area contributed by atoms with Crippen molar-refractivity contribution < 1.29 is 9.50 Å². The Balaban J connectivity index is 1.85. The van der Waals surface area contributed by atoms with Gasteiger partial charge in [-0.05, 0) is 43.7 Å². The first-order chi connectivity index (χ1) is 9.52. The van der Waals surface area contributed by atoms with Gasteiger partial charge in [-0.25, -0.2) is 4.39 Å². The van der Waals surface area contributed by atoms with Crippen LogP contribution in [0.4, 0.5) is 4.39 Å². The van der Waals surface area contributed by atoms with Crippen LogP contribution < -0.4 is 5.32 Å². The highest BCUT2D eigenvalue weighted by Crippen LogP contribution is 2.31. The van der Waals surface area contributed by atoms with E-state index in [2.05, 4.69) is 12.2 Å². The lowest BCUT2D eigenvalue weighted by Crippen LogP contribution is -2.43. The van der Waals surface area contributed by atoms with Crippen molar-refractivity contribution >= 4 is 0 Å². The van der Waals surface area contributed by atoms with Crippen LogP contribution >= 0.6 is 0 Å². The van der Waals surface area contributed by atoms with Gasteiger partial charge in [-0.3, -0.25) is 0 Å². The molecule has 0 amide bonds. The van der Waals surface area contributed by atoms with Crippen LogP contribution in [0, 0.1) is 23.1 Å². The van der Waals surface area contributed by atoms with Gasteiger partial charge in [0.25, 0.3) is 0 Å². The summed E-state index contributed by atoms with van der Waals surface area (Å²) in [7, 11) is 0. The molecule has 0 radical (unpaired) electrons. The molecule has 0 atom stereocenters. The average Bonchev–Trinajstić information content (AvgIpc) is 2.44. The van der Waals surface area contributed by atoms with Gasteiger partial charge >= 0.3 is 0 Å². The van der Waals surface area contributed by atoms with Crippen LogP contribution in [0.1, 0.15) is 43.7 Å². The van der Waals surface area contributed by atoms with Gasteiger partial charge in [0.05, 0.1) is 17.2 Å². The molecule has 1 saturated carbocycles. The van der Waals surface area contributed by atoms with Crippen molar-refractivity contribution in [1.29, 1.82) is 5.26 Å². The molecule has 1 aromatic rings. The topological polar surface area (TPSA) is 56.0 Å². The van der Waals surface area contributed by atoms with Gasteiger partial charge in [0.15, 0.2) is 0 Å². The zero-order chi connectivity index (χ0) is 14.6. The van der Waals surface area contributed by atoms with Crippen LogP contribution in [0.2, 0.25) is 0 Å². The van der Waals surface area contributed by atoms with Crippen molar-refractivity contribution in [2.75, 3.05) is 6.54 Å². The number of benzene rings is 1. The molecule has 0 aromatic heterocycles. The Morgan fingerprint density at radius 2 is 2.15 bits per heavy atom. The number of aliphatic hydroxyl groups is 1. The molecular formula is C16H21FN2O. The van der Waals surface area contributed by atoms with Crippen molar-refractivity contribution in [3.8, 4) is 6.07 Å². The second-order valence-electron chi connectivity index (χ2n) is 5.93. The van der Waals surface area contributed by atoms with E-state index in [-0.39, 0.29) is 5.82 Å². The maximum Gasteiger partial charge on any atom is 0.129 e. The van der Waals surface area contributed by atoms with Gasteiger partial charge < -0.3 is 10.4 Å². The summed E-state index contributed by atoms with van der Waals surface area (Å²) in [5.74, 6) is 0.312. The van der Waals surface area contributed by atoms with Crippen LogP contribution in [0.25, 0.3) is 0 Å². The molecular weight excluding hydrogens is 255 g/mol. The van der Waals surface area contributed by atoms with E-state index in [0.29, 0.717) is 30.1 Å². The first kappa shape index (κ1) is 15.0. The molecule has 108 valence electrons. The quantitative estimate of drug-likeness (QED) is 0.889. The van der Waals surface area contributed by atoms with Gasteiger partial charge in [-0.2, -0.15) is 5.26 Å². The molecule has 1 aliphatic rings. The molecule has 0 heterocycles. The fourth-order valence-corrected chi connectivity index (χ4v) is 2.67. The van der Waals surface area contributed by atoms with E-state index < -0.39 is 5.60 Å². The third kappa shape index (κ3) is 3.78.